The molecule has 1 fully saturated rings. The Morgan fingerprint density at radius 2 is 1.89 bits per heavy atom. The average Bonchev–Trinajstić information content (AvgIpc) is 3.01. The van der Waals surface area contributed by atoms with Gasteiger partial charge < -0.3 is 10.2 Å². The van der Waals surface area contributed by atoms with Crippen LogP contribution in [0.2, 0.25) is 0 Å². The zero-order valence-corrected chi connectivity index (χ0v) is 16.6. The van der Waals surface area contributed by atoms with Crippen LogP contribution in [-0.2, 0) is 11.2 Å². The van der Waals surface area contributed by atoms with Gasteiger partial charge in [-0.2, -0.15) is 0 Å². The minimum atomic E-state index is -0.0368. The standard InChI is InChI=1S/C22H24N4OS/c27-21(14-18-16-28-22(24-18)17-8-7-11-23-15-17)25-19-9-3-4-10-20(19)26-12-5-1-2-6-13-26/h3-4,7-11,15-16H,1-2,5-6,12-14H2,(H,25,27). The number of para-hydroxylation sites is 2. The number of pyridine rings is 1. The number of aromatic nitrogens is 2. The van der Waals surface area contributed by atoms with Crippen LogP contribution < -0.4 is 10.2 Å². The summed E-state index contributed by atoms with van der Waals surface area (Å²) in [4.78, 5) is 23.8. The quantitative estimate of drug-likeness (QED) is 0.680. The van der Waals surface area contributed by atoms with Crippen LogP contribution in [0.15, 0.2) is 54.2 Å². The van der Waals surface area contributed by atoms with Crippen molar-refractivity contribution in [1.82, 2.24) is 9.97 Å². The second-order valence-corrected chi connectivity index (χ2v) is 7.89. The normalized spacial score (nSPS) is 14.5. The van der Waals surface area contributed by atoms with Gasteiger partial charge in [-0.3, -0.25) is 9.78 Å². The predicted molar refractivity (Wildman–Crippen MR) is 115 cm³/mol. The molecule has 4 rings (SSSR count). The van der Waals surface area contributed by atoms with Crippen molar-refractivity contribution in [1.29, 1.82) is 0 Å². The summed E-state index contributed by atoms with van der Waals surface area (Å²) in [7, 11) is 0. The van der Waals surface area contributed by atoms with Gasteiger partial charge in [-0.1, -0.05) is 25.0 Å². The lowest BCUT2D eigenvalue weighted by Gasteiger charge is -2.25. The van der Waals surface area contributed by atoms with Crippen molar-refractivity contribution >= 4 is 28.6 Å². The van der Waals surface area contributed by atoms with Crippen molar-refractivity contribution in [2.24, 2.45) is 0 Å². The molecule has 3 aromatic rings. The lowest BCUT2D eigenvalue weighted by atomic mass is 10.2. The van der Waals surface area contributed by atoms with Gasteiger partial charge in [0.1, 0.15) is 5.01 Å². The molecule has 0 aliphatic carbocycles. The van der Waals surface area contributed by atoms with E-state index in [0.29, 0.717) is 0 Å². The van der Waals surface area contributed by atoms with Crippen molar-refractivity contribution in [2.45, 2.75) is 32.1 Å². The molecule has 0 bridgehead atoms. The van der Waals surface area contributed by atoms with Crippen molar-refractivity contribution in [3.05, 3.63) is 59.9 Å². The fourth-order valence-corrected chi connectivity index (χ4v) is 4.35. The number of nitrogens with one attached hydrogen (secondary N) is 1. The van der Waals surface area contributed by atoms with Crippen LogP contribution in [0.5, 0.6) is 0 Å². The summed E-state index contributed by atoms with van der Waals surface area (Å²) in [5.74, 6) is -0.0368. The fourth-order valence-electron chi connectivity index (χ4n) is 3.54. The number of thiazole rings is 1. The third-order valence-electron chi connectivity index (χ3n) is 4.93. The van der Waals surface area contributed by atoms with Crippen LogP contribution in [0, 0.1) is 0 Å². The van der Waals surface area contributed by atoms with E-state index in [4.69, 9.17) is 0 Å². The molecule has 1 aliphatic rings. The Balaban J connectivity index is 1.44. The monoisotopic (exact) mass is 392 g/mol. The number of hydrogen-bond donors (Lipinski definition) is 1. The highest BCUT2D eigenvalue weighted by Crippen LogP contribution is 2.28. The molecule has 0 unspecified atom stereocenters. The molecule has 3 heterocycles. The number of hydrogen-bond acceptors (Lipinski definition) is 5. The number of anilines is 2. The van der Waals surface area contributed by atoms with Crippen LogP contribution in [0.1, 0.15) is 31.4 Å². The lowest BCUT2D eigenvalue weighted by Crippen LogP contribution is -2.26. The Kier molecular flexibility index (Phi) is 5.97. The molecule has 28 heavy (non-hydrogen) atoms. The van der Waals surface area contributed by atoms with Gasteiger partial charge >= 0.3 is 0 Å². The van der Waals surface area contributed by atoms with Gasteiger partial charge in [-0.05, 0) is 37.1 Å². The topological polar surface area (TPSA) is 58.1 Å². The molecule has 1 saturated heterocycles. The van der Waals surface area contributed by atoms with Gasteiger partial charge in [0.15, 0.2) is 0 Å². The maximum absolute atomic E-state index is 12.7. The summed E-state index contributed by atoms with van der Waals surface area (Å²) < 4.78 is 0. The number of rotatable bonds is 5. The van der Waals surface area contributed by atoms with Gasteiger partial charge in [0.05, 0.1) is 23.5 Å². The Morgan fingerprint density at radius 3 is 2.68 bits per heavy atom. The van der Waals surface area contributed by atoms with Crippen molar-refractivity contribution in [3.8, 4) is 10.6 Å². The van der Waals surface area contributed by atoms with E-state index in [2.05, 4.69) is 26.3 Å². The van der Waals surface area contributed by atoms with E-state index in [1.54, 1.807) is 12.4 Å². The summed E-state index contributed by atoms with van der Waals surface area (Å²) >= 11 is 1.54. The second kappa shape index (κ2) is 8.97. The number of nitrogens with zero attached hydrogens (tertiary/aromatic N) is 3. The molecule has 0 saturated carbocycles. The zero-order chi connectivity index (χ0) is 19.2. The highest BCUT2D eigenvalue weighted by Gasteiger charge is 2.15. The molecule has 144 valence electrons. The molecule has 5 nitrogen and oxygen atoms in total. The molecular formula is C22H24N4OS. The highest BCUT2D eigenvalue weighted by atomic mass is 32.1. The summed E-state index contributed by atoms with van der Waals surface area (Å²) in [6, 6.07) is 12.0. The van der Waals surface area contributed by atoms with Gasteiger partial charge in [0, 0.05) is 36.4 Å². The summed E-state index contributed by atoms with van der Waals surface area (Å²) in [6.45, 7) is 2.10. The van der Waals surface area contributed by atoms with Gasteiger partial charge in [0.2, 0.25) is 5.91 Å². The molecule has 0 spiro atoms. The van der Waals surface area contributed by atoms with E-state index in [1.807, 2.05) is 35.7 Å². The smallest absolute Gasteiger partial charge is 0.230 e. The van der Waals surface area contributed by atoms with Crippen LogP contribution in [-0.4, -0.2) is 29.0 Å². The molecular weight excluding hydrogens is 368 g/mol. The fraction of sp³-hybridized carbons (Fsp3) is 0.318. The first-order valence-corrected chi connectivity index (χ1v) is 10.7. The third-order valence-corrected chi connectivity index (χ3v) is 5.87. The molecule has 1 amide bonds. The van der Waals surface area contributed by atoms with Gasteiger partial charge in [-0.15, -0.1) is 11.3 Å². The largest absolute Gasteiger partial charge is 0.370 e. The van der Waals surface area contributed by atoms with E-state index in [1.165, 1.54) is 37.0 Å². The van der Waals surface area contributed by atoms with Gasteiger partial charge in [0.25, 0.3) is 0 Å². The van der Waals surface area contributed by atoms with E-state index >= 15 is 0 Å². The minimum Gasteiger partial charge on any atom is -0.370 e. The number of amides is 1. The van der Waals surface area contributed by atoms with Crippen molar-refractivity contribution < 1.29 is 4.79 Å². The number of carbonyl (C=O) groups excluding carboxylic acids is 1. The van der Waals surface area contributed by atoms with E-state index in [0.717, 1.165) is 40.7 Å². The zero-order valence-electron chi connectivity index (χ0n) is 15.8. The summed E-state index contributed by atoms with van der Waals surface area (Å²) in [6.07, 6.45) is 8.79. The minimum absolute atomic E-state index is 0.0368. The highest BCUT2D eigenvalue weighted by molar-refractivity contribution is 7.13. The van der Waals surface area contributed by atoms with Crippen LogP contribution in [0.3, 0.4) is 0 Å². The summed E-state index contributed by atoms with van der Waals surface area (Å²) in [5, 5.41) is 5.93. The molecule has 0 radical (unpaired) electrons. The SMILES string of the molecule is O=C(Cc1csc(-c2cccnc2)n1)Nc1ccccc1N1CCCCCC1. The Morgan fingerprint density at radius 1 is 1.07 bits per heavy atom. The lowest BCUT2D eigenvalue weighted by molar-refractivity contribution is -0.115. The molecule has 6 heteroatoms. The van der Waals surface area contributed by atoms with E-state index in [-0.39, 0.29) is 12.3 Å². The summed E-state index contributed by atoms with van der Waals surface area (Å²) in [5.41, 5.74) is 3.77. The third kappa shape index (κ3) is 4.57. The molecule has 0 atom stereocenters. The first-order chi connectivity index (χ1) is 13.8. The number of carbonyl (C=O) groups is 1. The second-order valence-electron chi connectivity index (χ2n) is 7.03. The Bertz CT molecular complexity index is 917. The van der Waals surface area contributed by atoms with Crippen molar-refractivity contribution in [2.75, 3.05) is 23.3 Å². The number of benzene rings is 1. The van der Waals surface area contributed by atoms with E-state index in [9.17, 15) is 4.79 Å². The molecule has 1 aliphatic heterocycles. The predicted octanol–water partition coefficient (Wildman–Crippen LogP) is 4.77. The Labute approximate surface area is 169 Å². The maximum Gasteiger partial charge on any atom is 0.230 e. The van der Waals surface area contributed by atoms with E-state index < -0.39 is 0 Å². The van der Waals surface area contributed by atoms with Crippen LogP contribution in [0.25, 0.3) is 10.6 Å². The van der Waals surface area contributed by atoms with Crippen molar-refractivity contribution in [3.63, 3.8) is 0 Å². The van der Waals surface area contributed by atoms with Crippen LogP contribution in [0.4, 0.5) is 11.4 Å². The van der Waals surface area contributed by atoms with Crippen LogP contribution >= 0.6 is 11.3 Å². The first kappa shape index (κ1) is 18.6. The molecule has 1 N–H and O–H groups in total. The average molecular weight is 393 g/mol. The van der Waals surface area contributed by atoms with Gasteiger partial charge in [-0.25, -0.2) is 4.98 Å². The maximum atomic E-state index is 12.7. The first-order valence-electron chi connectivity index (χ1n) is 9.78. The Hall–Kier alpha value is -2.73. The molecule has 2 aromatic heterocycles. The molecule has 1 aromatic carbocycles.